The first-order valence-corrected chi connectivity index (χ1v) is 12.2. The molecule has 3 aromatic rings. The predicted octanol–water partition coefficient (Wildman–Crippen LogP) is 7.12. The fourth-order valence-electron chi connectivity index (χ4n) is 4.00. The largest absolute Gasteiger partial charge is 0.370 e. The molecule has 2 N–H and O–H groups in total. The number of unbranched alkanes of at least 4 members (excludes halogenated alkanes) is 1. The van der Waals surface area contributed by atoms with E-state index in [1.165, 1.54) is 43.2 Å². The van der Waals surface area contributed by atoms with Gasteiger partial charge in [0.15, 0.2) is 0 Å². The summed E-state index contributed by atoms with van der Waals surface area (Å²) in [5.41, 5.74) is 2.74. The summed E-state index contributed by atoms with van der Waals surface area (Å²) in [6, 6.07) is 11.0. The average molecular weight is 452 g/mol. The van der Waals surface area contributed by atoms with Crippen LogP contribution in [-0.4, -0.2) is 21.4 Å². The van der Waals surface area contributed by atoms with Crippen molar-refractivity contribution in [2.45, 2.75) is 57.8 Å². The van der Waals surface area contributed by atoms with Crippen molar-refractivity contribution in [3.63, 3.8) is 0 Å². The fourth-order valence-corrected chi connectivity index (χ4v) is 5.00. The Kier molecular flexibility index (Phi) is 7.32. The minimum atomic E-state index is -0.415. The number of hydrogen-bond donors (Lipinski definition) is 2. The summed E-state index contributed by atoms with van der Waals surface area (Å²) in [4.78, 5) is 20.4. The number of anilines is 3. The van der Waals surface area contributed by atoms with Gasteiger partial charge in [-0.25, -0.2) is 9.97 Å². The molecule has 1 fully saturated rings. The number of benzene rings is 1. The maximum absolute atomic E-state index is 11.5. The van der Waals surface area contributed by atoms with Gasteiger partial charge in [-0.05, 0) is 37.5 Å². The Morgan fingerprint density at radius 2 is 1.88 bits per heavy atom. The molecule has 0 spiro atoms. The third-order valence-corrected chi connectivity index (χ3v) is 6.83. The Hall–Kier alpha value is -3.00. The molecule has 1 aliphatic rings. The molecule has 4 rings (SSSR count). The lowest BCUT2D eigenvalue weighted by molar-refractivity contribution is -0.384. The maximum Gasteiger partial charge on any atom is 0.311 e. The second-order valence-corrected chi connectivity index (χ2v) is 9.10. The number of nitro groups is 1. The van der Waals surface area contributed by atoms with E-state index in [9.17, 15) is 10.1 Å². The van der Waals surface area contributed by atoms with Gasteiger partial charge in [0.25, 0.3) is 0 Å². The van der Waals surface area contributed by atoms with Gasteiger partial charge in [0.2, 0.25) is 5.82 Å². The minimum absolute atomic E-state index is 0.0493. The van der Waals surface area contributed by atoms with Gasteiger partial charge < -0.3 is 10.6 Å². The van der Waals surface area contributed by atoms with E-state index in [2.05, 4.69) is 27.9 Å². The molecule has 32 heavy (non-hydrogen) atoms. The van der Waals surface area contributed by atoms with Gasteiger partial charge in [0, 0.05) is 35.2 Å². The van der Waals surface area contributed by atoms with Gasteiger partial charge >= 0.3 is 5.69 Å². The van der Waals surface area contributed by atoms with Crippen molar-refractivity contribution in [3.8, 4) is 11.3 Å². The highest BCUT2D eigenvalue weighted by Gasteiger charge is 2.19. The Bertz CT molecular complexity index is 1040. The smallest absolute Gasteiger partial charge is 0.311 e. The third kappa shape index (κ3) is 5.43. The van der Waals surface area contributed by atoms with Crippen LogP contribution in [0.5, 0.6) is 0 Å². The summed E-state index contributed by atoms with van der Waals surface area (Å²) >= 11 is 1.75. The zero-order valence-electron chi connectivity index (χ0n) is 18.3. The zero-order valence-corrected chi connectivity index (χ0v) is 19.2. The van der Waals surface area contributed by atoms with Crippen molar-refractivity contribution in [2.75, 3.05) is 17.2 Å². The SMILES string of the molecule is CCCCNc1ccc([N+](=O)[O-])c(Nc2ccc(-c3csc(C4CCCCC4)n3)cc2)n1. The molecule has 0 bridgehead atoms. The molecule has 0 unspecified atom stereocenters. The lowest BCUT2D eigenvalue weighted by Crippen LogP contribution is -2.06. The monoisotopic (exact) mass is 451 g/mol. The van der Waals surface area contributed by atoms with E-state index in [0.717, 1.165) is 36.3 Å². The number of rotatable bonds is 9. The van der Waals surface area contributed by atoms with Gasteiger partial charge in [0.05, 0.1) is 15.6 Å². The van der Waals surface area contributed by atoms with Gasteiger partial charge in [-0.3, -0.25) is 10.1 Å². The molecule has 1 saturated carbocycles. The summed E-state index contributed by atoms with van der Waals surface area (Å²) in [5.74, 6) is 1.46. The van der Waals surface area contributed by atoms with Crippen LogP contribution in [0.2, 0.25) is 0 Å². The van der Waals surface area contributed by atoms with Crippen molar-refractivity contribution in [2.24, 2.45) is 0 Å². The molecule has 0 radical (unpaired) electrons. The van der Waals surface area contributed by atoms with Crippen molar-refractivity contribution < 1.29 is 4.92 Å². The normalized spacial score (nSPS) is 14.3. The predicted molar refractivity (Wildman–Crippen MR) is 131 cm³/mol. The molecule has 0 saturated heterocycles. The molecule has 0 aliphatic heterocycles. The van der Waals surface area contributed by atoms with E-state index in [1.54, 1.807) is 17.4 Å². The summed E-state index contributed by atoms with van der Waals surface area (Å²) < 4.78 is 0. The Labute approximate surface area is 192 Å². The first kappa shape index (κ1) is 22.2. The zero-order chi connectivity index (χ0) is 22.3. The van der Waals surface area contributed by atoms with E-state index in [0.29, 0.717) is 11.7 Å². The van der Waals surface area contributed by atoms with E-state index in [1.807, 2.05) is 24.3 Å². The highest BCUT2D eigenvalue weighted by Crippen LogP contribution is 2.36. The summed E-state index contributed by atoms with van der Waals surface area (Å²) in [6.45, 7) is 2.90. The van der Waals surface area contributed by atoms with Crippen LogP contribution in [0.25, 0.3) is 11.3 Å². The van der Waals surface area contributed by atoms with Crippen molar-refractivity contribution >= 4 is 34.3 Å². The third-order valence-electron chi connectivity index (χ3n) is 5.83. The topological polar surface area (TPSA) is 93.0 Å². The molecular formula is C24H29N5O2S. The van der Waals surface area contributed by atoms with Crippen LogP contribution in [0.4, 0.5) is 23.0 Å². The minimum Gasteiger partial charge on any atom is -0.370 e. The van der Waals surface area contributed by atoms with Gasteiger partial charge in [-0.15, -0.1) is 11.3 Å². The van der Waals surface area contributed by atoms with Crippen LogP contribution in [0.1, 0.15) is 62.8 Å². The number of hydrogen-bond acceptors (Lipinski definition) is 7. The van der Waals surface area contributed by atoms with E-state index >= 15 is 0 Å². The second-order valence-electron chi connectivity index (χ2n) is 8.21. The Morgan fingerprint density at radius 3 is 2.59 bits per heavy atom. The Morgan fingerprint density at radius 1 is 1.09 bits per heavy atom. The first-order chi connectivity index (χ1) is 15.6. The summed E-state index contributed by atoms with van der Waals surface area (Å²) in [5, 5.41) is 21.2. The van der Waals surface area contributed by atoms with Crippen LogP contribution in [-0.2, 0) is 0 Å². The van der Waals surface area contributed by atoms with Gasteiger partial charge in [0.1, 0.15) is 5.82 Å². The van der Waals surface area contributed by atoms with Crippen LogP contribution < -0.4 is 10.6 Å². The number of aromatic nitrogens is 2. The van der Waals surface area contributed by atoms with Crippen LogP contribution in [0.15, 0.2) is 41.8 Å². The molecule has 0 atom stereocenters. The molecule has 7 nitrogen and oxygen atoms in total. The molecule has 1 aromatic carbocycles. The van der Waals surface area contributed by atoms with E-state index in [4.69, 9.17) is 4.98 Å². The summed E-state index contributed by atoms with van der Waals surface area (Å²) in [7, 11) is 0. The van der Waals surface area contributed by atoms with Crippen LogP contribution in [0, 0.1) is 10.1 Å². The number of pyridine rings is 1. The lowest BCUT2D eigenvalue weighted by atomic mass is 9.90. The van der Waals surface area contributed by atoms with Crippen LogP contribution >= 0.6 is 11.3 Å². The van der Waals surface area contributed by atoms with Crippen molar-refractivity contribution in [3.05, 3.63) is 56.9 Å². The molecule has 0 amide bonds. The highest BCUT2D eigenvalue weighted by atomic mass is 32.1. The molecule has 1 aliphatic carbocycles. The second kappa shape index (κ2) is 10.5. The van der Waals surface area contributed by atoms with Crippen molar-refractivity contribution in [1.29, 1.82) is 0 Å². The number of nitrogens with one attached hydrogen (secondary N) is 2. The Balaban J connectivity index is 1.48. The maximum atomic E-state index is 11.5. The van der Waals surface area contributed by atoms with Crippen molar-refractivity contribution in [1.82, 2.24) is 9.97 Å². The van der Waals surface area contributed by atoms with Crippen LogP contribution in [0.3, 0.4) is 0 Å². The molecule has 8 heteroatoms. The fraction of sp³-hybridized carbons (Fsp3) is 0.417. The van der Waals surface area contributed by atoms with E-state index in [-0.39, 0.29) is 11.5 Å². The standard InChI is InChI=1S/C24H29N5O2S/c1-2-3-15-25-22-14-13-21(29(30)31)23(28-22)26-19-11-9-17(10-12-19)20-16-32-24(27-20)18-7-5-4-6-8-18/h9-14,16,18H,2-8,15H2,1H3,(H2,25,26,28). The molecule has 2 heterocycles. The number of thiazole rings is 1. The van der Waals surface area contributed by atoms with Gasteiger partial charge in [-0.2, -0.15) is 0 Å². The molecular weight excluding hydrogens is 422 g/mol. The van der Waals surface area contributed by atoms with E-state index < -0.39 is 4.92 Å². The number of nitrogens with zero attached hydrogens (tertiary/aromatic N) is 3. The summed E-state index contributed by atoms with van der Waals surface area (Å²) in [6.07, 6.45) is 8.52. The molecule has 2 aromatic heterocycles. The quantitative estimate of drug-likeness (QED) is 0.204. The highest BCUT2D eigenvalue weighted by molar-refractivity contribution is 7.10. The average Bonchev–Trinajstić information content (AvgIpc) is 3.31. The first-order valence-electron chi connectivity index (χ1n) is 11.4. The lowest BCUT2D eigenvalue weighted by Gasteiger charge is -2.18. The molecule has 168 valence electrons. The van der Waals surface area contributed by atoms with Gasteiger partial charge in [-0.1, -0.05) is 44.7 Å².